The van der Waals surface area contributed by atoms with E-state index in [0.717, 1.165) is 49.1 Å². The first-order chi connectivity index (χ1) is 12.0. The van der Waals surface area contributed by atoms with E-state index in [4.69, 9.17) is 9.47 Å². The lowest BCUT2D eigenvalue weighted by Crippen LogP contribution is -2.47. The standard InChI is InChI=1S/C21H31NO3/c1-15-7-6-12-21(14-15,24-3)20(23)22-17-10-11-19(16(2)13-17)25-18-8-4-5-9-18/h10-11,13,15,18H,4-9,12,14H2,1-3H3,(H,22,23)/t15-,21-/m0/s1. The first-order valence-corrected chi connectivity index (χ1v) is 9.66. The van der Waals surface area contributed by atoms with Crippen LogP contribution < -0.4 is 10.1 Å². The van der Waals surface area contributed by atoms with Crippen molar-refractivity contribution in [1.29, 1.82) is 0 Å². The average molecular weight is 345 g/mol. The van der Waals surface area contributed by atoms with Gasteiger partial charge in [0.25, 0.3) is 5.91 Å². The summed E-state index contributed by atoms with van der Waals surface area (Å²) in [4.78, 5) is 12.9. The highest BCUT2D eigenvalue weighted by molar-refractivity contribution is 5.97. The minimum absolute atomic E-state index is 0.0228. The second-order valence-electron chi connectivity index (χ2n) is 7.86. The van der Waals surface area contributed by atoms with Crippen LogP contribution in [0.3, 0.4) is 0 Å². The molecule has 4 nitrogen and oxygen atoms in total. The number of hydrogen-bond donors (Lipinski definition) is 1. The molecule has 2 saturated carbocycles. The zero-order valence-electron chi connectivity index (χ0n) is 15.8. The number of rotatable bonds is 5. The predicted molar refractivity (Wildman–Crippen MR) is 100 cm³/mol. The molecule has 0 saturated heterocycles. The lowest BCUT2D eigenvalue weighted by molar-refractivity contribution is -0.143. The van der Waals surface area contributed by atoms with Gasteiger partial charge in [-0.3, -0.25) is 4.79 Å². The van der Waals surface area contributed by atoms with E-state index in [1.165, 1.54) is 19.3 Å². The minimum atomic E-state index is -0.690. The number of anilines is 1. The normalized spacial score (nSPS) is 27.2. The second-order valence-corrected chi connectivity index (χ2v) is 7.86. The van der Waals surface area contributed by atoms with E-state index in [1.54, 1.807) is 7.11 Å². The molecular formula is C21H31NO3. The van der Waals surface area contributed by atoms with Crippen LogP contribution in [0.15, 0.2) is 18.2 Å². The SMILES string of the molecule is CO[C@@]1(C(=O)Nc2ccc(OC3CCCC3)c(C)c2)CCC[C@H](C)C1. The van der Waals surface area contributed by atoms with Gasteiger partial charge in [0.2, 0.25) is 0 Å². The molecule has 2 atom stereocenters. The number of aryl methyl sites for hydroxylation is 1. The second kappa shape index (κ2) is 7.77. The predicted octanol–water partition coefficient (Wildman–Crippen LogP) is 4.85. The molecule has 0 spiro atoms. The summed E-state index contributed by atoms with van der Waals surface area (Å²) in [6.07, 6.45) is 8.95. The summed E-state index contributed by atoms with van der Waals surface area (Å²) in [5.41, 5.74) is 1.19. The number of carbonyl (C=O) groups excluding carboxylic acids is 1. The molecule has 2 aliphatic carbocycles. The molecule has 0 unspecified atom stereocenters. The van der Waals surface area contributed by atoms with Gasteiger partial charge in [-0.15, -0.1) is 0 Å². The molecule has 25 heavy (non-hydrogen) atoms. The molecule has 1 aromatic carbocycles. The van der Waals surface area contributed by atoms with Crippen LogP contribution in [0.2, 0.25) is 0 Å². The van der Waals surface area contributed by atoms with E-state index in [2.05, 4.69) is 12.2 Å². The number of hydrogen-bond acceptors (Lipinski definition) is 3. The van der Waals surface area contributed by atoms with Crippen LogP contribution in [-0.4, -0.2) is 24.7 Å². The Balaban J connectivity index is 1.67. The molecule has 1 amide bonds. The van der Waals surface area contributed by atoms with Gasteiger partial charge in [-0.2, -0.15) is 0 Å². The number of benzene rings is 1. The van der Waals surface area contributed by atoms with Crippen molar-refractivity contribution in [2.24, 2.45) is 5.92 Å². The molecule has 1 N–H and O–H groups in total. The molecule has 0 heterocycles. The molecule has 0 aliphatic heterocycles. The maximum Gasteiger partial charge on any atom is 0.256 e. The van der Waals surface area contributed by atoms with Crippen molar-refractivity contribution in [3.63, 3.8) is 0 Å². The fraction of sp³-hybridized carbons (Fsp3) is 0.667. The summed E-state index contributed by atoms with van der Waals surface area (Å²) in [6.45, 7) is 4.23. The number of carbonyl (C=O) groups is 1. The Labute approximate surface area is 151 Å². The van der Waals surface area contributed by atoms with Crippen LogP contribution in [0.5, 0.6) is 5.75 Å². The van der Waals surface area contributed by atoms with Crippen molar-refractivity contribution in [2.45, 2.75) is 76.9 Å². The molecule has 4 heteroatoms. The fourth-order valence-electron chi connectivity index (χ4n) is 4.28. The number of nitrogens with one attached hydrogen (secondary N) is 1. The van der Waals surface area contributed by atoms with Crippen molar-refractivity contribution < 1.29 is 14.3 Å². The quantitative estimate of drug-likeness (QED) is 0.830. The lowest BCUT2D eigenvalue weighted by Gasteiger charge is -2.37. The third kappa shape index (κ3) is 4.17. The average Bonchev–Trinajstić information content (AvgIpc) is 3.10. The van der Waals surface area contributed by atoms with Crippen LogP contribution in [0.25, 0.3) is 0 Å². The van der Waals surface area contributed by atoms with E-state index < -0.39 is 5.60 Å². The third-order valence-electron chi connectivity index (χ3n) is 5.79. The molecule has 1 aromatic rings. The van der Waals surface area contributed by atoms with Crippen LogP contribution >= 0.6 is 0 Å². The Kier molecular flexibility index (Phi) is 5.67. The van der Waals surface area contributed by atoms with Crippen molar-refractivity contribution in [3.05, 3.63) is 23.8 Å². The Morgan fingerprint density at radius 3 is 2.60 bits per heavy atom. The van der Waals surface area contributed by atoms with Gasteiger partial charge in [0.05, 0.1) is 6.10 Å². The van der Waals surface area contributed by atoms with Gasteiger partial charge in [0.15, 0.2) is 0 Å². The maximum absolute atomic E-state index is 12.9. The first-order valence-electron chi connectivity index (χ1n) is 9.66. The number of methoxy groups -OCH3 is 1. The van der Waals surface area contributed by atoms with Gasteiger partial charge in [-0.1, -0.05) is 13.3 Å². The van der Waals surface area contributed by atoms with Crippen LogP contribution in [0.1, 0.15) is 63.9 Å². The largest absolute Gasteiger partial charge is 0.490 e. The van der Waals surface area contributed by atoms with Gasteiger partial charge >= 0.3 is 0 Å². The summed E-state index contributed by atoms with van der Waals surface area (Å²) in [7, 11) is 1.65. The van der Waals surface area contributed by atoms with E-state index >= 15 is 0 Å². The van der Waals surface area contributed by atoms with Crippen LogP contribution in [0, 0.1) is 12.8 Å². The van der Waals surface area contributed by atoms with Crippen molar-refractivity contribution in [2.75, 3.05) is 12.4 Å². The maximum atomic E-state index is 12.9. The highest BCUT2D eigenvalue weighted by atomic mass is 16.5. The van der Waals surface area contributed by atoms with Crippen LogP contribution in [0.4, 0.5) is 5.69 Å². The van der Waals surface area contributed by atoms with E-state index in [1.807, 2.05) is 25.1 Å². The molecule has 3 rings (SSSR count). The van der Waals surface area contributed by atoms with Crippen LogP contribution in [-0.2, 0) is 9.53 Å². The smallest absolute Gasteiger partial charge is 0.256 e. The van der Waals surface area contributed by atoms with Crippen molar-refractivity contribution in [1.82, 2.24) is 0 Å². The minimum Gasteiger partial charge on any atom is -0.490 e. The number of ether oxygens (including phenoxy) is 2. The monoisotopic (exact) mass is 345 g/mol. The van der Waals surface area contributed by atoms with Crippen molar-refractivity contribution >= 4 is 11.6 Å². The summed E-state index contributed by atoms with van der Waals surface area (Å²) < 4.78 is 11.8. The third-order valence-corrected chi connectivity index (χ3v) is 5.79. The zero-order chi connectivity index (χ0) is 17.9. The molecule has 0 bridgehead atoms. The van der Waals surface area contributed by atoms with Gasteiger partial charge in [-0.05, 0) is 81.5 Å². The van der Waals surface area contributed by atoms with E-state index in [9.17, 15) is 4.79 Å². The fourth-order valence-corrected chi connectivity index (χ4v) is 4.28. The topological polar surface area (TPSA) is 47.6 Å². The molecule has 0 aromatic heterocycles. The van der Waals surface area contributed by atoms with Gasteiger partial charge in [0, 0.05) is 12.8 Å². The highest BCUT2D eigenvalue weighted by Gasteiger charge is 2.42. The summed E-state index contributed by atoms with van der Waals surface area (Å²) in [5, 5.41) is 3.07. The summed E-state index contributed by atoms with van der Waals surface area (Å²) in [6, 6.07) is 5.91. The summed E-state index contributed by atoms with van der Waals surface area (Å²) >= 11 is 0. The van der Waals surface area contributed by atoms with Crippen molar-refractivity contribution in [3.8, 4) is 5.75 Å². The van der Waals surface area contributed by atoms with Gasteiger partial charge < -0.3 is 14.8 Å². The Morgan fingerprint density at radius 2 is 1.96 bits per heavy atom. The Morgan fingerprint density at radius 1 is 1.20 bits per heavy atom. The molecule has 2 aliphatic rings. The lowest BCUT2D eigenvalue weighted by atomic mass is 9.78. The summed E-state index contributed by atoms with van der Waals surface area (Å²) in [5.74, 6) is 1.42. The molecule has 2 fully saturated rings. The van der Waals surface area contributed by atoms with E-state index in [0.29, 0.717) is 12.0 Å². The first kappa shape index (κ1) is 18.2. The van der Waals surface area contributed by atoms with E-state index in [-0.39, 0.29) is 5.91 Å². The Hall–Kier alpha value is -1.55. The zero-order valence-corrected chi connectivity index (χ0v) is 15.8. The molecule has 138 valence electrons. The number of amides is 1. The van der Waals surface area contributed by atoms with Gasteiger partial charge in [0.1, 0.15) is 11.4 Å². The van der Waals surface area contributed by atoms with Gasteiger partial charge in [-0.25, -0.2) is 0 Å². The molecular weight excluding hydrogens is 314 g/mol. The highest BCUT2D eigenvalue weighted by Crippen LogP contribution is 2.36. The molecule has 0 radical (unpaired) electrons. The Bertz CT molecular complexity index is 609.